The predicted octanol–water partition coefficient (Wildman–Crippen LogP) is 3.08. The molecule has 0 radical (unpaired) electrons. The maximum Gasteiger partial charge on any atom is 0.410 e. The Balaban J connectivity index is 5.26. The molecular formula is C15H29NO4. The van der Waals surface area contributed by atoms with Crippen LogP contribution >= 0.6 is 0 Å². The van der Waals surface area contributed by atoms with Gasteiger partial charge in [0.05, 0.1) is 13.2 Å². The zero-order valence-corrected chi connectivity index (χ0v) is 13.6. The van der Waals surface area contributed by atoms with Gasteiger partial charge in [-0.2, -0.15) is 0 Å². The van der Waals surface area contributed by atoms with Gasteiger partial charge in [-0.1, -0.05) is 34.1 Å². The van der Waals surface area contributed by atoms with Crippen molar-refractivity contribution in [3.8, 4) is 0 Å². The third-order valence-corrected chi connectivity index (χ3v) is 3.11. The number of carbonyl (C=O) groups excluding carboxylic acids is 2. The van der Waals surface area contributed by atoms with Gasteiger partial charge in [-0.05, 0) is 25.7 Å². The molecule has 0 aromatic carbocycles. The number of esters is 1. The van der Waals surface area contributed by atoms with E-state index in [9.17, 15) is 9.59 Å². The van der Waals surface area contributed by atoms with Crippen molar-refractivity contribution in [2.45, 2.75) is 54.0 Å². The van der Waals surface area contributed by atoms with Crippen molar-refractivity contribution in [3.63, 3.8) is 0 Å². The molecule has 1 amide bonds. The van der Waals surface area contributed by atoms with Gasteiger partial charge in [-0.15, -0.1) is 0 Å². The van der Waals surface area contributed by atoms with E-state index in [1.54, 1.807) is 13.8 Å². The van der Waals surface area contributed by atoms with E-state index in [2.05, 4.69) is 0 Å². The fraction of sp³-hybridized carbons (Fsp3) is 0.867. The van der Waals surface area contributed by atoms with Crippen LogP contribution in [0, 0.1) is 11.8 Å². The van der Waals surface area contributed by atoms with Crippen LogP contribution in [0.1, 0.15) is 48.0 Å². The van der Waals surface area contributed by atoms with E-state index in [1.807, 2.05) is 27.7 Å². The lowest BCUT2D eigenvalue weighted by Gasteiger charge is -2.33. The van der Waals surface area contributed by atoms with Crippen molar-refractivity contribution < 1.29 is 19.1 Å². The van der Waals surface area contributed by atoms with Crippen LogP contribution in [0.3, 0.4) is 0 Å². The van der Waals surface area contributed by atoms with Gasteiger partial charge in [0.15, 0.2) is 0 Å². The smallest absolute Gasteiger partial charge is 0.410 e. The Hall–Kier alpha value is -1.26. The third-order valence-electron chi connectivity index (χ3n) is 3.11. The van der Waals surface area contributed by atoms with Crippen molar-refractivity contribution in [2.75, 3.05) is 19.8 Å². The Bertz CT molecular complexity index is 304. The van der Waals surface area contributed by atoms with Gasteiger partial charge in [0.25, 0.3) is 0 Å². The predicted molar refractivity (Wildman–Crippen MR) is 78.4 cm³/mol. The Labute approximate surface area is 122 Å². The summed E-state index contributed by atoms with van der Waals surface area (Å²) in [6.07, 6.45) is 0.344. The van der Waals surface area contributed by atoms with Crippen LogP contribution in [0.4, 0.5) is 4.79 Å². The van der Waals surface area contributed by atoms with Gasteiger partial charge in [0, 0.05) is 6.54 Å². The number of nitrogens with zero attached hydrogens (tertiary/aromatic N) is 1. The van der Waals surface area contributed by atoms with Crippen molar-refractivity contribution >= 4 is 12.1 Å². The normalized spacial score (nSPS) is 13.8. The van der Waals surface area contributed by atoms with Crippen LogP contribution in [-0.2, 0) is 14.3 Å². The van der Waals surface area contributed by atoms with Gasteiger partial charge >= 0.3 is 12.1 Å². The Morgan fingerprint density at radius 1 is 1.00 bits per heavy atom. The fourth-order valence-corrected chi connectivity index (χ4v) is 2.02. The fourth-order valence-electron chi connectivity index (χ4n) is 2.02. The molecule has 0 spiro atoms. The molecular weight excluding hydrogens is 258 g/mol. The summed E-state index contributed by atoms with van der Waals surface area (Å²) in [4.78, 5) is 25.9. The zero-order valence-electron chi connectivity index (χ0n) is 13.6. The van der Waals surface area contributed by atoms with Crippen molar-refractivity contribution in [1.82, 2.24) is 4.90 Å². The minimum atomic E-state index is -0.582. The highest BCUT2D eigenvalue weighted by atomic mass is 16.6. The number of carbonyl (C=O) groups is 2. The molecule has 118 valence electrons. The first kappa shape index (κ1) is 18.7. The van der Waals surface area contributed by atoms with Gasteiger partial charge in [-0.3, -0.25) is 4.90 Å². The SMILES string of the molecule is CCOC(=O)C(C(C)CC)N(CC(C)C)C(=O)OCC. The van der Waals surface area contributed by atoms with Gasteiger partial charge < -0.3 is 9.47 Å². The average molecular weight is 287 g/mol. The molecule has 0 saturated heterocycles. The molecule has 2 atom stereocenters. The van der Waals surface area contributed by atoms with Gasteiger partial charge in [0.2, 0.25) is 0 Å². The molecule has 0 aliphatic heterocycles. The van der Waals surface area contributed by atoms with E-state index < -0.39 is 12.1 Å². The van der Waals surface area contributed by atoms with Crippen LogP contribution in [0.5, 0.6) is 0 Å². The number of rotatable bonds is 8. The lowest BCUT2D eigenvalue weighted by molar-refractivity contribution is -0.151. The second-order valence-electron chi connectivity index (χ2n) is 5.33. The topological polar surface area (TPSA) is 55.8 Å². The Morgan fingerprint density at radius 3 is 1.95 bits per heavy atom. The molecule has 20 heavy (non-hydrogen) atoms. The summed E-state index contributed by atoms with van der Waals surface area (Å²) in [7, 11) is 0. The van der Waals surface area contributed by atoms with Crippen LogP contribution < -0.4 is 0 Å². The number of hydrogen-bond acceptors (Lipinski definition) is 4. The lowest BCUT2D eigenvalue weighted by atomic mass is 9.97. The quantitative estimate of drug-likeness (QED) is 0.644. The van der Waals surface area contributed by atoms with Crippen molar-refractivity contribution in [1.29, 1.82) is 0 Å². The summed E-state index contributed by atoms with van der Waals surface area (Å²) in [5.74, 6) is -0.0758. The van der Waals surface area contributed by atoms with E-state index in [1.165, 1.54) is 4.90 Å². The molecule has 0 fully saturated rings. The molecule has 0 N–H and O–H groups in total. The molecule has 2 unspecified atom stereocenters. The number of ether oxygens (including phenoxy) is 2. The molecule has 0 rings (SSSR count). The van der Waals surface area contributed by atoms with Gasteiger partial charge in [-0.25, -0.2) is 9.59 Å². The van der Waals surface area contributed by atoms with E-state index in [-0.39, 0.29) is 17.8 Å². The molecule has 0 aliphatic carbocycles. The van der Waals surface area contributed by atoms with Crippen molar-refractivity contribution in [2.24, 2.45) is 11.8 Å². The highest BCUT2D eigenvalue weighted by Crippen LogP contribution is 2.19. The minimum Gasteiger partial charge on any atom is -0.464 e. The molecule has 0 heterocycles. The summed E-state index contributed by atoms with van der Waals surface area (Å²) >= 11 is 0. The zero-order chi connectivity index (χ0) is 15.7. The minimum absolute atomic E-state index is 0.0252. The van der Waals surface area contributed by atoms with Gasteiger partial charge in [0.1, 0.15) is 6.04 Å². The summed E-state index contributed by atoms with van der Waals surface area (Å²) < 4.78 is 10.2. The molecule has 0 bridgehead atoms. The highest BCUT2D eigenvalue weighted by Gasteiger charge is 2.35. The summed E-state index contributed by atoms with van der Waals surface area (Å²) in [6, 6.07) is -0.582. The van der Waals surface area contributed by atoms with E-state index in [0.717, 1.165) is 6.42 Å². The molecule has 0 aromatic heterocycles. The number of hydrogen-bond donors (Lipinski definition) is 0. The average Bonchev–Trinajstić information content (AvgIpc) is 2.37. The molecule has 0 saturated carbocycles. The molecule has 5 heteroatoms. The summed E-state index contributed by atoms with van der Waals surface area (Å²) in [5.41, 5.74) is 0. The van der Waals surface area contributed by atoms with Crippen molar-refractivity contribution in [3.05, 3.63) is 0 Å². The van der Waals surface area contributed by atoms with Crippen LogP contribution in [0.25, 0.3) is 0 Å². The third kappa shape index (κ3) is 5.80. The standard InChI is InChI=1S/C15H29NO4/c1-7-12(6)13(14(17)19-8-2)16(10-11(4)5)15(18)20-9-3/h11-13H,7-10H2,1-6H3. The second kappa shape index (κ2) is 9.61. The van der Waals surface area contributed by atoms with E-state index in [0.29, 0.717) is 19.8 Å². The van der Waals surface area contributed by atoms with Crippen LogP contribution in [-0.4, -0.2) is 42.8 Å². The maximum absolute atomic E-state index is 12.2. The Kier molecular flexibility index (Phi) is 9.01. The lowest BCUT2D eigenvalue weighted by Crippen LogP contribution is -2.51. The first-order valence-corrected chi connectivity index (χ1v) is 7.48. The second-order valence-corrected chi connectivity index (χ2v) is 5.33. The van der Waals surface area contributed by atoms with E-state index in [4.69, 9.17) is 9.47 Å². The largest absolute Gasteiger partial charge is 0.464 e. The summed E-state index contributed by atoms with van der Waals surface area (Å²) in [6.45, 7) is 12.6. The van der Waals surface area contributed by atoms with Crippen LogP contribution in [0.2, 0.25) is 0 Å². The molecule has 0 aliphatic rings. The monoisotopic (exact) mass is 287 g/mol. The Morgan fingerprint density at radius 2 is 1.55 bits per heavy atom. The highest BCUT2D eigenvalue weighted by molar-refractivity contribution is 5.81. The molecule has 5 nitrogen and oxygen atoms in total. The number of amides is 1. The van der Waals surface area contributed by atoms with E-state index >= 15 is 0 Å². The first-order valence-electron chi connectivity index (χ1n) is 7.48. The summed E-state index contributed by atoms with van der Waals surface area (Å²) in [5, 5.41) is 0. The maximum atomic E-state index is 12.2. The van der Waals surface area contributed by atoms with Crippen LogP contribution in [0.15, 0.2) is 0 Å². The first-order chi connectivity index (χ1) is 9.38. The molecule has 0 aromatic rings.